The summed E-state index contributed by atoms with van der Waals surface area (Å²) in [7, 11) is 0. The van der Waals surface area contributed by atoms with E-state index in [1.165, 1.54) is 26.4 Å². The quantitative estimate of drug-likeness (QED) is 0.695. The molecule has 0 fully saturated rings. The molecule has 0 spiro atoms. The largest absolute Gasteiger partial charge is 0.268 e. The Bertz CT molecular complexity index is 687. The van der Waals surface area contributed by atoms with Crippen LogP contribution in [-0.2, 0) is 6.54 Å². The Kier molecular flexibility index (Phi) is 2.92. The molecule has 0 bridgehead atoms. The smallest absolute Gasteiger partial charge is 0.0662 e. The predicted octanol–water partition coefficient (Wildman–Crippen LogP) is 4.16. The molecule has 0 saturated carbocycles. The van der Waals surface area contributed by atoms with Gasteiger partial charge >= 0.3 is 0 Å². The molecule has 18 heavy (non-hydrogen) atoms. The Morgan fingerprint density at radius 2 is 2.06 bits per heavy atom. The van der Waals surface area contributed by atoms with Gasteiger partial charge in [-0.15, -0.1) is 0 Å². The summed E-state index contributed by atoms with van der Waals surface area (Å²) in [5.74, 6) is 0. The molecule has 2 nitrogen and oxygen atoms in total. The number of nitrogens with zero attached hydrogens (tertiary/aromatic N) is 2. The summed E-state index contributed by atoms with van der Waals surface area (Å²) in [6.45, 7) is 2.96. The van der Waals surface area contributed by atoms with Crippen LogP contribution in [0.4, 0.5) is 0 Å². The Hall–Kier alpha value is -1.61. The number of halogens is 1. The molecule has 3 aromatic rings. The fourth-order valence-electron chi connectivity index (χ4n) is 2.19. The predicted molar refractivity (Wildman–Crippen MR) is 77.7 cm³/mol. The molecule has 0 N–H and O–H groups in total. The fraction of sp³-hybridized carbons (Fsp3) is 0.133. The van der Waals surface area contributed by atoms with Crippen LogP contribution >= 0.6 is 15.9 Å². The molecule has 0 aliphatic rings. The van der Waals surface area contributed by atoms with E-state index in [2.05, 4.69) is 58.3 Å². The first-order valence-corrected chi connectivity index (χ1v) is 6.69. The van der Waals surface area contributed by atoms with Crippen LogP contribution in [0.3, 0.4) is 0 Å². The lowest BCUT2D eigenvalue weighted by atomic mass is 10.0. The highest BCUT2D eigenvalue weighted by molar-refractivity contribution is 9.10. The molecule has 0 aliphatic heterocycles. The van der Waals surface area contributed by atoms with Gasteiger partial charge in [0.05, 0.1) is 6.54 Å². The maximum atomic E-state index is 4.26. The van der Waals surface area contributed by atoms with E-state index in [-0.39, 0.29) is 0 Å². The summed E-state index contributed by atoms with van der Waals surface area (Å²) in [6.07, 6.45) is 3.80. The molecule has 1 aromatic heterocycles. The molecule has 0 saturated heterocycles. The maximum Gasteiger partial charge on any atom is 0.0662 e. The van der Waals surface area contributed by atoms with Crippen molar-refractivity contribution in [1.82, 2.24) is 9.78 Å². The van der Waals surface area contributed by atoms with Crippen molar-refractivity contribution in [2.45, 2.75) is 13.5 Å². The summed E-state index contributed by atoms with van der Waals surface area (Å²) in [5.41, 5.74) is 2.58. The van der Waals surface area contributed by atoms with Crippen molar-refractivity contribution in [3.8, 4) is 0 Å². The van der Waals surface area contributed by atoms with Crippen LogP contribution in [0.25, 0.3) is 10.8 Å². The first-order valence-electron chi connectivity index (χ1n) is 5.90. The molecule has 1 heterocycles. The standard InChI is InChI=1S/C15H13BrN2/c1-11-13(10-18-8-4-7-17-18)9-12-5-2-3-6-14(12)15(11)16/h2-9H,10H2,1H3. The van der Waals surface area contributed by atoms with Crippen molar-refractivity contribution in [1.29, 1.82) is 0 Å². The molecule has 0 aliphatic carbocycles. The van der Waals surface area contributed by atoms with E-state index in [0.717, 1.165) is 6.54 Å². The molecule has 3 rings (SSSR count). The van der Waals surface area contributed by atoms with Gasteiger partial charge in [-0.1, -0.05) is 24.3 Å². The van der Waals surface area contributed by atoms with Crippen LogP contribution in [0.5, 0.6) is 0 Å². The highest BCUT2D eigenvalue weighted by atomic mass is 79.9. The van der Waals surface area contributed by atoms with Crippen LogP contribution in [0.1, 0.15) is 11.1 Å². The SMILES string of the molecule is Cc1c(Cn2cccn2)cc2ccccc2c1Br. The van der Waals surface area contributed by atoms with Crippen molar-refractivity contribution < 1.29 is 0 Å². The zero-order valence-electron chi connectivity index (χ0n) is 10.1. The second kappa shape index (κ2) is 4.58. The first kappa shape index (κ1) is 11.5. The van der Waals surface area contributed by atoms with Gasteiger partial charge in [0.15, 0.2) is 0 Å². The number of hydrogen-bond donors (Lipinski definition) is 0. The molecule has 90 valence electrons. The molecule has 0 radical (unpaired) electrons. The van der Waals surface area contributed by atoms with Crippen molar-refractivity contribution in [2.24, 2.45) is 0 Å². The second-order valence-electron chi connectivity index (χ2n) is 4.40. The third kappa shape index (κ3) is 1.95. The minimum Gasteiger partial charge on any atom is -0.268 e. The van der Waals surface area contributed by atoms with Gasteiger partial charge in [-0.05, 0) is 56.9 Å². The van der Waals surface area contributed by atoms with E-state index in [0.29, 0.717) is 0 Å². The molecule has 0 amide bonds. The van der Waals surface area contributed by atoms with Crippen LogP contribution < -0.4 is 0 Å². The average Bonchev–Trinajstić information content (AvgIpc) is 2.89. The van der Waals surface area contributed by atoms with Crippen molar-refractivity contribution in [3.05, 3.63) is 64.4 Å². The summed E-state index contributed by atoms with van der Waals surface area (Å²) in [6, 6.07) is 12.6. The minimum atomic E-state index is 0.808. The van der Waals surface area contributed by atoms with Gasteiger partial charge in [0.2, 0.25) is 0 Å². The van der Waals surface area contributed by atoms with Crippen molar-refractivity contribution in [3.63, 3.8) is 0 Å². The summed E-state index contributed by atoms with van der Waals surface area (Å²) in [4.78, 5) is 0. The number of benzene rings is 2. The minimum absolute atomic E-state index is 0.808. The Morgan fingerprint density at radius 1 is 1.22 bits per heavy atom. The monoisotopic (exact) mass is 300 g/mol. The normalized spacial score (nSPS) is 11.0. The molecule has 0 unspecified atom stereocenters. The van der Waals surface area contributed by atoms with Gasteiger partial charge in [-0.3, -0.25) is 4.68 Å². The number of aromatic nitrogens is 2. The number of fused-ring (bicyclic) bond motifs is 1. The first-order chi connectivity index (χ1) is 8.75. The molecule has 0 atom stereocenters. The summed E-state index contributed by atoms with van der Waals surface area (Å²) >= 11 is 3.71. The lowest BCUT2D eigenvalue weighted by Gasteiger charge is -2.11. The number of hydrogen-bond acceptors (Lipinski definition) is 1. The van der Waals surface area contributed by atoms with Crippen LogP contribution in [0.2, 0.25) is 0 Å². The van der Waals surface area contributed by atoms with E-state index in [4.69, 9.17) is 0 Å². The van der Waals surface area contributed by atoms with E-state index in [1.807, 2.05) is 23.1 Å². The highest BCUT2D eigenvalue weighted by Gasteiger charge is 2.08. The maximum absolute atomic E-state index is 4.26. The molecule has 2 aromatic carbocycles. The van der Waals surface area contributed by atoms with Crippen molar-refractivity contribution in [2.75, 3.05) is 0 Å². The Morgan fingerprint density at radius 3 is 2.83 bits per heavy atom. The van der Waals surface area contributed by atoms with E-state index < -0.39 is 0 Å². The fourth-order valence-corrected chi connectivity index (χ4v) is 2.81. The Labute approximate surface area is 114 Å². The van der Waals surface area contributed by atoms with Gasteiger partial charge < -0.3 is 0 Å². The molecule has 3 heteroatoms. The average molecular weight is 301 g/mol. The number of rotatable bonds is 2. The third-order valence-electron chi connectivity index (χ3n) is 3.23. The topological polar surface area (TPSA) is 17.8 Å². The van der Waals surface area contributed by atoms with Crippen LogP contribution in [0, 0.1) is 6.92 Å². The lowest BCUT2D eigenvalue weighted by molar-refractivity contribution is 0.684. The molecular formula is C15H13BrN2. The van der Waals surface area contributed by atoms with Gasteiger partial charge in [0.25, 0.3) is 0 Å². The highest BCUT2D eigenvalue weighted by Crippen LogP contribution is 2.30. The van der Waals surface area contributed by atoms with Crippen LogP contribution in [0.15, 0.2) is 53.3 Å². The van der Waals surface area contributed by atoms with Gasteiger partial charge in [0, 0.05) is 16.9 Å². The third-order valence-corrected chi connectivity index (χ3v) is 4.25. The zero-order valence-corrected chi connectivity index (χ0v) is 11.7. The van der Waals surface area contributed by atoms with Gasteiger partial charge in [-0.25, -0.2) is 0 Å². The van der Waals surface area contributed by atoms with E-state index in [1.54, 1.807) is 0 Å². The second-order valence-corrected chi connectivity index (χ2v) is 5.19. The summed E-state index contributed by atoms with van der Waals surface area (Å²) in [5, 5.41) is 6.79. The Balaban J connectivity index is 2.15. The van der Waals surface area contributed by atoms with Gasteiger partial charge in [0.1, 0.15) is 0 Å². The van der Waals surface area contributed by atoms with Crippen molar-refractivity contribution >= 4 is 26.7 Å². The van der Waals surface area contributed by atoms with Gasteiger partial charge in [-0.2, -0.15) is 5.10 Å². The van der Waals surface area contributed by atoms with E-state index in [9.17, 15) is 0 Å². The lowest BCUT2D eigenvalue weighted by Crippen LogP contribution is -2.02. The summed E-state index contributed by atoms with van der Waals surface area (Å²) < 4.78 is 3.13. The van der Waals surface area contributed by atoms with Crippen LogP contribution in [-0.4, -0.2) is 9.78 Å². The zero-order chi connectivity index (χ0) is 12.5. The molecular weight excluding hydrogens is 288 g/mol. The van der Waals surface area contributed by atoms with E-state index >= 15 is 0 Å².